The number of hydrogen-bond acceptors (Lipinski definition) is 4. The monoisotopic (exact) mass is 259 g/mol. The molecule has 0 spiro atoms. The van der Waals surface area contributed by atoms with Crippen molar-refractivity contribution >= 4 is 23.1 Å². The molecular formula is C9H4F3N3OS. The lowest BCUT2D eigenvalue weighted by Gasteiger charge is -2.11. The fraction of sp³-hybridized carbons (Fsp3) is 0.222. The molecule has 0 aliphatic heterocycles. The number of pyridine rings is 1. The van der Waals surface area contributed by atoms with E-state index in [-0.39, 0.29) is 0 Å². The average molecular weight is 259 g/mol. The third-order valence-corrected chi connectivity index (χ3v) is 2.06. The first-order valence-electron chi connectivity index (χ1n) is 4.12. The molecule has 1 aromatic heterocycles. The number of rotatable bonds is 1. The Labute approximate surface area is 98.6 Å². The molecule has 0 fully saturated rings. The van der Waals surface area contributed by atoms with Crippen LogP contribution in [0.4, 0.5) is 18.9 Å². The van der Waals surface area contributed by atoms with Crippen LogP contribution in [0.5, 0.6) is 0 Å². The molecule has 0 aliphatic carbocycles. The van der Waals surface area contributed by atoms with Crippen LogP contribution in [-0.4, -0.2) is 9.73 Å². The van der Waals surface area contributed by atoms with Crippen molar-refractivity contribution in [3.05, 3.63) is 27.7 Å². The largest absolute Gasteiger partial charge is 0.419 e. The fourth-order valence-electron chi connectivity index (χ4n) is 1.20. The van der Waals surface area contributed by atoms with Crippen LogP contribution in [-0.2, 0) is 13.2 Å². The van der Waals surface area contributed by atoms with Crippen LogP contribution in [0.25, 0.3) is 0 Å². The summed E-state index contributed by atoms with van der Waals surface area (Å²) in [5, 5.41) is 10.4. The quantitative estimate of drug-likeness (QED) is 0.572. The van der Waals surface area contributed by atoms with E-state index in [0.717, 1.165) is 7.05 Å². The molecule has 4 nitrogen and oxygen atoms in total. The van der Waals surface area contributed by atoms with Crippen molar-refractivity contribution in [3.8, 4) is 6.07 Å². The summed E-state index contributed by atoms with van der Waals surface area (Å²) in [4.78, 5) is 14.7. The number of nitrogens with zero attached hydrogens (tertiary/aromatic N) is 3. The van der Waals surface area contributed by atoms with Gasteiger partial charge in [-0.2, -0.15) is 23.4 Å². The zero-order valence-electron chi connectivity index (χ0n) is 8.37. The van der Waals surface area contributed by atoms with Crippen LogP contribution >= 0.6 is 12.2 Å². The molecule has 0 aliphatic rings. The second-order valence-electron chi connectivity index (χ2n) is 2.97. The Hall–Kier alpha value is -1.97. The van der Waals surface area contributed by atoms with Gasteiger partial charge in [0, 0.05) is 7.05 Å². The molecule has 0 saturated heterocycles. The van der Waals surface area contributed by atoms with Crippen molar-refractivity contribution in [2.75, 3.05) is 0 Å². The second-order valence-corrected chi connectivity index (χ2v) is 3.15. The third kappa shape index (κ3) is 2.41. The Morgan fingerprint density at radius 3 is 2.53 bits per heavy atom. The number of thiocarbonyl (C=S) groups is 1. The SMILES string of the molecule is Cn1c(C#N)c(C(F)(F)F)cc(N=C=S)c1=O. The molecule has 88 valence electrons. The van der Waals surface area contributed by atoms with E-state index in [9.17, 15) is 18.0 Å². The first-order chi connectivity index (χ1) is 7.82. The molecule has 0 saturated carbocycles. The maximum absolute atomic E-state index is 12.6. The van der Waals surface area contributed by atoms with Crippen LogP contribution in [0, 0.1) is 11.3 Å². The van der Waals surface area contributed by atoms with Crippen LogP contribution in [0.15, 0.2) is 15.9 Å². The summed E-state index contributed by atoms with van der Waals surface area (Å²) in [6, 6.07) is 1.82. The number of alkyl halides is 3. The third-order valence-electron chi connectivity index (χ3n) is 1.97. The van der Waals surface area contributed by atoms with Gasteiger partial charge in [-0.25, -0.2) is 0 Å². The molecule has 0 bridgehead atoms. The highest BCUT2D eigenvalue weighted by Gasteiger charge is 2.36. The van der Waals surface area contributed by atoms with Crippen molar-refractivity contribution < 1.29 is 13.2 Å². The summed E-state index contributed by atoms with van der Waals surface area (Å²) >= 11 is 4.22. The normalized spacial score (nSPS) is 10.5. The standard InChI is InChI=1S/C9H4F3N3OS/c1-15-7(3-13)5(9(10,11)12)2-6(8(15)16)14-4-17/h2H,1H3. The van der Waals surface area contributed by atoms with E-state index in [1.807, 2.05) is 5.16 Å². The van der Waals surface area contributed by atoms with Gasteiger partial charge in [-0.3, -0.25) is 4.79 Å². The highest BCUT2D eigenvalue weighted by atomic mass is 32.1. The zero-order valence-corrected chi connectivity index (χ0v) is 9.19. The molecule has 8 heteroatoms. The highest BCUT2D eigenvalue weighted by Crippen LogP contribution is 2.32. The fourth-order valence-corrected chi connectivity index (χ4v) is 1.30. The van der Waals surface area contributed by atoms with Crippen LogP contribution in [0.3, 0.4) is 0 Å². The van der Waals surface area contributed by atoms with E-state index in [4.69, 9.17) is 5.26 Å². The van der Waals surface area contributed by atoms with E-state index in [0.29, 0.717) is 10.6 Å². The molecule has 0 N–H and O–H groups in total. The van der Waals surface area contributed by atoms with Crippen molar-refractivity contribution in [1.29, 1.82) is 5.26 Å². The van der Waals surface area contributed by atoms with Gasteiger partial charge in [-0.05, 0) is 18.3 Å². The van der Waals surface area contributed by atoms with Crippen molar-refractivity contribution in [2.24, 2.45) is 12.0 Å². The van der Waals surface area contributed by atoms with Gasteiger partial charge in [-0.1, -0.05) is 0 Å². The number of aromatic nitrogens is 1. The predicted molar refractivity (Wildman–Crippen MR) is 56.1 cm³/mol. The number of hydrogen-bond donors (Lipinski definition) is 0. The Morgan fingerprint density at radius 1 is 1.53 bits per heavy atom. The Morgan fingerprint density at radius 2 is 2.12 bits per heavy atom. The van der Waals surface area contributed by atoms with Crippen molar-refractivity contribution in [1.82, 2.24) is 4.57 Å². The van der Waals surface area contributed by atoms with Gasteiger partial charge in [0.15, 0.2) is 0 Å². The molecule has 1 heterocycles. The molecule has 0 radical (unpaired) electrons. The van der Waals surface area contributed by atoms with E-state index in [1.165, 1.54) is 6.07 Å². The molecule has 0 unspecified atom stereocenters. The van der Waals surface area contributed by atoms with E-state index >= 15 is 0 Å². The van der Waals surface area contributed by atoms with E-state index < -0.39 is 28.7 Å². The maximum atomic E-state index is 12.6. The number of nitriles is 1. The smallest absolute Gasteiger partial charge is 0.301 e. The lowest BCUT2D eigenvalue weighted by Crippen LogP contribution is -2.23. The van der Waals surface area contributed by atoms with E-state index in [2.05, 4.69) is 17.2 Å². The van der Waals surface area contributed by atoms with Gasteiger partial charge in [0.2, 0.25) is 0 Å². The predicted octanol–water partition coefficient (Wildman–Crippen LogP) is 2.01. The molecule has 0 atom stereocenters. The molecule has 0 amide bonds. The summed E-state index contributed by atoms with van der Waals surface area (Å²) in [6.45, 7) is 0. The topological polar surface area (TPSA) is 58.1 Å². The minimum Gasteiger partial charge on any atom is -0.301 e. The molecule has 1 aromatic rings. The highest BCUT2D eigenvalue weighted by molar-refractivity contribution is 7.78. The Kier molecular flexibility index (Phi) is 3.46. The molecule has 1 rings (SSSR count). The maximum Gasteiger partial charge on any atom is 0.419 e. The Balaban J connectivity index is 3.79. The summed E-state index contributed by atoms with van der Waals surface area (Å²) in [7, 11) is 1.05. The molecular weight excluding hydrogens is 255 g/mol. The minimum absolute atomic E-state index is 0.486. The van der Waals surface area contributed by atoms with Gasteiger partial charge in [0.1, 0.15) is 17.5 Å². The number of halogens is 3. The zero-order chi connectivity index (χ0) is 13.2. The summed E-state index contributed by atoms with van der Waals surface area (Å²) in [5.41, 5.74) is -3.35. The summed E-state index contributed by atoms with van der Waals surface area (Å²) in [6.07, 6.45) is -4.75. The lowest BCUT2D eigenvalue weighted by atomic mass is 10.1. The first-order valence-corrected chi connectivity index (χ1v) is 4.53. The first kappa shape index (κ1) is 13.1. The van der Waals surface area contributed by atoms with Crippen molar-refractivity contribution in [3.63, 3.8) is 0 Å². The molecule has 0 aromatic carbocycles. The van der Waals surface area contributed by atoms with Gasteiger partial charge < -0.3 is 4.57 Å². The van der Waals surface area contributed by atoms with Crippen LogP contribution in [0.2, 0.25) is 0 Å². The van der Waals surface area contributed by atoms with Gasteiger partial charge >= 0.3 is 6.18 Å². The van der Waals surface area contributed by atoms with Crippen LogP contribution in [0.1, 0.15) is 11.3 Å². The lowest BCUT2D eigenvalue weighted by molar-refractivity contribution is -0.138. The Bertz CT molecular complexity index is 606. The molecule has 17 heavy (non-hydrogen) atoms. The number of isothiocyanates is 1. The van der Waals surface area contributed by atoms with E-state index in [1.54, 1.807) is 0 Å². The van der Waals surface area contributed by atoms with Gasteiger partial charge in [0.05, 0.1) is 10.7 Å². The van der Waals surface area contributed by atoms with Gasteiger partial charge in [-0.15, -0.1) is 0 Å². The minimum atomic E-state index is -4.75. The second kappa shape index (κ2) is 4.49. The van der Waals surface area contributed by atoms with Gasteiger partial charge in [0.25, 0.3) is 5.56 Å². The summed E-state index contributed by atoms with van der Waals surface area (Å²) in [5.74, 6) is 0. The van der Waals surface area contributed by atoms with Crippen LogP contribution < -0.4 is 5.56 Å². The van der Waals surface area contributed by atoms with Crippen molar-refractivity contribution in [2.45, 2.75) is 6.18 Å². The summed E-state index contributed by atoms with van der Waals surface area (Å²) < 4.78 is 38.4. The number of aliphatic imine (C=N–C) groups is 1. The average Bonchev–Trinajstić information content (AvgIpc) is 2.23.